The molecule has 0 aromatic rings. The van der Waals surface area contributed by atoms with Gasteiger partial charge in [-0.25, -0.2) is 5.14 Å². The van der Waals surface area contributed by atoms with E-state index >= 15 is 0 Å². The van der Waals surface area contributed by atoms with Crippen molar-refractivity contribution >= 4 is 10.3 Å². The number of fused-ring (bicyclic) bond motifs is 3. The molecular formula is C12H21NO8S. The number of ether oxygens (including phenoxy) is 5. The Morgan fingerprint density at radius 2 is 1.95 bits per heavy atom. The lowest BCUT2D eigenvalue weighted by Gasteiger charge is -2.40. The maximum Gasteiger partial charge on any atom is 0.333 e. The summed E-state index contributed by atoms with van der Waals surface area (Å²) < 4.78 is 146. The van der Waals surface area contributed by atoms with Crippen LogP contribution >= 0.6 is 0 Å². The van der Waals surface area contributed by atoms with Gasteiger partial charge < -0.3 is 23.7 Å². The Morgan fingerprint density at radius 1 is 1.23 bits per heavy atom. The first-order valence-corrected chi connectivity index (χ1v) is 7.43. The Hall–Kier alpha value is -0.330. The summed E-state index contributed by atoms with van der Waals surface area (Å²) in [6, 6.07) is 0. The molecule has 128 valence electrons. The van der Waals surface area contributed by atoms with Gasteiger partial charge in [0, 0.05) is 16.4 Å². The van der Waals surface area contributed by atoms with Crippen molar-refractivity contribution in [3.05, 3.63) is 0 Å². The predicted molar refractivity (Wildman–Crippen MR) is 71.6 cm³/mol. The van der Waals surface area contributed by atoms with Crippen LogP contribution in [0.15, 0.2) is 0 Å². The third-order valence-corrected chi connectivity index (χ3v) is 3.69. The number of rotatable bonds is 3. The van der Waals surface area contributed by atoms with Crippen molar-refractivity contribution in [2.24, 2.45) is 5.14 Å². The summed E-state index contributed by atoms with van der Waals surface area (Å²) in [6.45, 7) is -15.9. The fourth-order valence-electron chi connectivity index (χ4n) is 2.52. The number of hydrogen-bond acceptors (Lipinski definition) is 8. The van der Waals surface area contributed by atoms with E-state index in [2.05, 4.69) is 4.18 Å². The number of nitrogens with two attached hydrogens (primary N) is 1. The van der Waals surface area contributed by atoms with Gasteiger partial charge in [0.15, 0.2) is 11.6 Å². The average Bonchev–Trinajstić information content (AvgIpc) is 3.15. The Labute approximate surface area is 146 Å². The average molecular weight is 351 g/mol. The molecule has 9 nitrogen and oxygen atoms in total. The summed E-state index contributed by atoms with van der Waals surface area (Å²) >= 11 is 0. The van der Waals surface area contributed by atoms with Crippen LogP contribution < -0.4 is 5.14 Å². The Balaban J connectivity index is 2.14. The second-order valence-corrected chi connectivity index (χ2v) is 6.21. The molecule has 3 heterocycles. The fraction of sp³-hybridized carbons (Fsp3) is 1.00. The van der Waals surface area contributed by atoms with Crippen LogP contribution in [-0.4, -0.2) is 57.3 Å². The maximum atomic E-state index is 11.4. The Kier molecular flexibility index (Phi) is 1.60. The van der Waals surface area contributed by atoms with E-state index in [-0.39, 0.29) is 0 Å². The highest BCUT2D eigenvalue weighted by Crippen LogP contribution is 2.47. The molecule has 0 saturated carbocycles. The SMILES string of the molecule is [2H]C([2H])([2H])C1(C([2H])([2H])[2H])O[C@@H]2[C@@H](CO[C@@]3(COS(N)(=O)=O)OC(C([2H])([2H])[2H])(C([2H])([2H])[2H])O[C@@H]23)O1. The standard InChI is InChI=1S/C12H21NO8S/c1-10(2)18-7-5-16-12(6-17-22(13,14)15)9(8(7)19-10)20-11(3,4)21-12/h7-9H,5-6H2,1-4H3,(H2,13,14,15)/t7-,8-,9+,12+/m1/s1/i1D3,2D3,3D3,4D3. The van der Waals surface area contributed by atoms with Crippen molar-refractivity contribution in [3.8, 4) is 0 Å². The summed E-state index contributed by atoms with van der Waals surface area (Å²) in [6.07, 6.45) is -5.37. The molecule has 0 aromatic heterocycles. The van der Waals surface area contributed by atoms with Gasteiger partial charge in [0.25, 0.3) is 0 Å². The third kappa shape index (κ3) is 3.02. The molecule has 3 aliphatic heterocycles. The quantitative estimate of drug-likeness (QED) is 0.730. The zero-order valence-corrected chi connectivity index (χ0v) is 11.7. The van der Waals surface area contributed by atoms with Crippen LogP contribution in [0.4, 0.5) is 0 Å². The highest BCUT2D eigenvalue weighted by Gasteiger charge is 2.65. The van der Waals surface area contributed by atoms with Gasteiger partial charge in [-0.15, -0.1) is 0 Å². The summed E-state index contributed by atoms with van der Waals surface area (Å²) in [5.41, 5.74) is 0. The second kappa shape index (κ2) is 4.84. The molecule has 22 heavy (non-hydrogen) atoms. The molecule has 3 aliphatic rings. The Morgan fingerprint density at radius 3 is 2.59 bits per heavy atom. The monoisotopic (exact) mass is 351 g/mol. The molecule has 0 spiro atoms. The van der Waals surface area contributed by atoms with Crippen LogP contribution in [0, 0.1) is 0 Å². The van der Waals surface area contributed by atoms with E-state index in [0.717, 1.165) is 0 Å². The minimum atomic E-state index is -4.72. The first-order chi connectivity index (χ1) is 14.9. The summed E-state index contributed by atoms with van der Waals surface area (Å²) in [4.78, 5) is 0. The molecule has 0 amide bonds. The van der Waals surface area contributed by atoms with Crippen LogP contribution in [0.1, 0.15) is 43.9 Å². The van der Waals surface area contributed by atoms with Crippen LogP contribution in [0.2, 0.25) is 0 Å². The topological polar surface area (TPSA) is 116 Å². The smallest absolute Gasteiger partial charge is 0.333 e. The highest BCUT2D eigenvalue weighted by molar-refractivity contribution is 7.84. The summed E-state index contributed by atoms with van der Waals surface area (Å²) in [5, 5.41) is 4.81. The summed E-state index contributed by atoms with van der Waals surface area (Å²) in [7, 11) is -4.72. The largest absolute Gasteiger partial charge is 0.343 e. The van der Waals surface area contributed by atoms with Crippen molar-refractivity contribution in [3.63, 3.8) is 0 Å². The van der Waals surface area contributed by atoms with Gasteiger partial charge in [-0.3, -0.25) is 4.18 Å². The zero-order chi connectivity index (χ0) is 26.4. The molecule has 0 unspecified atom stereocenters. The van der Waals surface area contributed by atoms with Gasteiger partial charge >= 0.3 is 10.3 Å². The minimum absolute atomic E-state index is 0.746. The third-order valence-electron chi connectivity index (χ3n) is 3.24. The van der Waals surface area contributed by atoms with Gasteiger partial charge in [0.05, 0.1) is 6.61 Å². The van der Waals surface area contributed by atoms with Crippen molar-refractivity contribution in [2.75, 3.05) is 13.2 Å². The van der Waals surface area contributed by atoms with Gasteiger partial charge in [0.1, 0.15) is 24.9 Å². The van der Waals surface area contributed by atoms with Crippen LogP contribution in [-0.2, 0) is 38.2 Å². The lowest BCUT2D eigenvalue weighted by Crippen LogP contribution is -2.60. The van der Waals surface area contributed by atoms with E-state index in [1.54, 1.807) is 0 Å². The maximum absolute atomic E-state index is 11.4. The minimum Gasteiger partial charge on any atom is -0.343 e. The lowest BCUT2D eigenvalue weighted by atomic mass is 9.98. The van der Waals surface area contributed by atoms with E-state index in [1.165, 1.54) is 0 Å². The molecule has 10 heteroatoms. The zero-order valence-electron chi connectivity index (χ0n) is 22.9. The van der Waals surface area contributed by atoms with Crippen molar-refractivity contribution in [1.82, 2.24) is 0 Å². The first kappa shape index (κ1) is 7.28. The molecule has 0 radical (unpaired) electrons. The molecule has 0 aliphatic carbocycles. The molecule has 3 saturated heterocycles. The fourth-order valence-corrected chi connectivity index (χ4v) is 2.85. The van der Waals surface area contributed by atoms with E-state index in [9.17, 15) is 8.42 Å². The number of hydrogen-bond donors (Lipinski definition) is 1. The van der Waals surface area contributed by atoms with Gasteiger partial charge in [-0.1, -0.05) is 0 Å². The van der Waals surface area contributed by atoms with Crippen molar-refractivity contribution in [1.29, 1.82) is 0 Å². The predicted octanol–water partition coefficient (Wildman–Crippen LogP) is -0.395. The molecule has 3 rings (SSSR count). The van der Waals surface area contributed by atoms with Crippen molar-refractivity contribution in [2.45, 2.75) is 63.1 Å². The van der Waals surface area contributed by atoms with Crippen molar-refractivity contribution < 1.29 is 52.7 Å². The van der Waals surface area contributed by atoms with E-state index in [1.807, 2.05) is 0 Å². The Bertz CT molecular complexity index is 886. The summed E-state index contributed by atoms with van der Waals surface area (Å²) in [5.74, 6) is -9.31. The second-order valence-electron chi connectivity index (χ2n) is 4.99. The van der Waals surface area contributed by atoms with E-state index < -0.39 is 86.6 Å². The highest BCUT2D eigenvalue weighted by atomic mass is 32.2. The van der Waals surface area contributed by atoms with E-state index in [0.29, 0.717) is 0 Å². The van der Waals surface area contributed by atoms with Crippen LogP contribution in [0.3, 0.4) is 0 Å². The van der Waals surface area contributed by atoms with E-state index in [4.69, 9.17) is 45.3 Å². The normalized spacial score (nSPS) is 53.2. The molecule has 3 fully saturated rings. The molecule has 0 bridgehead atoms. The van der Waals surface area contributed by atoms with Gasteiger partial charge in [-0.2, -0.15) is 8.42 Å². The van der Waals surface area contributed by atoms with Crippen LogP contribution in [0.5, 0.6) is 0 Å². The van der Waals surface area contributed by atoms with Gasteiger partial charge in [0.2, 0.25) is 5.79 Å². The molecule has 4 atom stereocenters. The van der Waals surface area contributed by atoms with Crippen LogP contribution in [0.25, 0.3) is 0 Å². The molecule has 2 N–H and O–H groups in total. The first-order valence-electron chi connectivity index (χ1n) is 12.0. The lowest BCUT2D eigenvalue weighted by molar-refractivity contribution is -0.290. The van der Waals surface area contributed by atoms with Gasteiger partial charge in [-0.05, 0) is 27.4 Å². The molecule has 0 aromatic carbocycles. The molecular weight excluding hydrogens is 318 g/mol.